The van der Waals surface area contributed by atoms with E-state index < -0.39 is 15.9 Å². The van der Waals surface area contributed by atoms with Gasteiger partial charge in [0.15, 0.2) is 11.3 Å². The van der Waals surface area contributed by atoms with Crippen molar-refractivity contribution in [3.8, 4) is 5.75 Å². The molecule has 170 valence electrons. The first-order chi connectivity index (χ1) is 15.4. The van der Waals surface area contributed by atoms with E-state index in [0.717, 1.165) is 5.39 Å². The van der Waals surface area contributed by atoms with Gasteiger partial charge in [0.05, 0.1) is 23.5 Å². The molecule has 2 atom stereocenters. The van der Waals surface area contributed by atoms with Gasteiger partial charge in [0, 0.05) is 18.5 Å². The molecule has 1 saturated heterocycles. The molecule has 0 spiro atoms. The molecule has 1 aliphatic heterocycles. The van der Waals surface area contributed by atoms with Crippen LogP contribution >= 0.6 is 0 Å². The quantitative estimate of drug-likeness (QED) is 0.578. The van der Waals surface area contributed by atoms with Crippen molar-refractivity contribution in [2.24, 2.45) is 5.92 Å². The first-order valence-electron chi connectivity index (χ1n) is 10.9. The third-order valence-corrected chi connectivity index (χ3v) is 7.63. The standard InChI is InChI=1S/C24H28N2O5S/c1-3-30-21-13-7-9-18-15-22(31-23(18)21)17(2)25-24(27)19-10-8-14-26(16-19)32(28,29)20-11-5-4-6-12-20/h4-7,9,11-13,15,17,19H,3,8,10,14,16H2,1-2H3,(H,25,27). The second-order valence-corrected chi connectivity index (χ2v) is 9.94. The van der Waals surface area contributed by atoms with Crippen molar-refractivity contribution in [1.29, 1.82) is 0 Å². The maximum Gasteiger partial charge on any atom is 0.243 e. The molecule has 1 aromatic heterocycles. The summed E-state index contributed by atoms with van der Waals surface area (Å²) in [5.74, 6) is 0.720. The van der Waals surface area contributed by atoms with Gasteiger partial charge in [0.25, 0.3) is 0 Å². The lowest BCUT2D eigenvalue weighted by Crippen LogP contribution is -2.45. The summed E-state index contributed by atoms with van der Waals surface area (Å²) in [5, 5.41) is 3.90. The summed E-state index contributed by atoms with van der Waals surface area (Å²) in [6.07, 6.45) is 1.29. The number of ether oxygens (including phenoxy) is 1. The smallest absolute Gasteiger partial charge is 0.243 e. The molecule has 0 saturated carbocycles. The molecule has 0 bridgehead atoms. The van der Waals surface area contributed by atoms with Crippen LogP contribution in [0, 0.1) is 5.92 Å². The predicted molar refractivity (Wildman–Crippen MR) is 122 cm³/mol. The molecular formula is C24H28N2O5S. The lowest BCUT2D eigenvalue weighted by molar-refractivity contribution is -0.126. The molecule has 0 aliphatic carbocycles. The molecular weight excluding hydrogens is 428 g/mol. The van der Waals surface area contributed by atoms with E-state index in [4.69, 9.17) is 9.15 Å². The molecule has 4 rings (SSSR count). The first-order valence-corrected chi connectivity index (χ1v) is 12.3. The molecule has 32 heavy (non-hydrogen) atoms. The monoisotopic (exact) mass is 456 g/mol. The van der Waals surface area contributed by atoms with Crippen molar-refractivity contribution < 1.29 is 22.4 Å². The lowest BCUT2D eigenvalue weighted by Gasteiger charge is -2.31. The lowest BCUT2D eigenvalue weighted by atomic mass is 9.98. The Kier molecular flexibility index (Phi) is 6.53. The van der Waals surface area contributed by atoms with Crippen LogP contribution in [0.2, 0.25) is 0 Å². The van der Waals surface area contributed by atoms with Crippen LogP contribution in [0.4, 0.5) is 0 Å². The molecule has 2 unspecified atom stereocenters. The fourth-order valence-electron chi connectivity index (χ4n) is 4.06. The van der Waals surface area contributed by atoms with Crippen molar-refractivity contribution in [1.82, 2.24) is 9.62 Å². The van der Waals surface area contributed by atoms with E-state index >= 15 is 0 Å². The normalized spacial score (nSPS) is 18.4. The highest BCUT2D eigenvalue weighted by Gasteiger charge is 2.33. The molecule has 2 heterocycles. The Bertz CT molecular complexity index is 1190. The number of para-hydroxylation sites is 1. The molecule has 1 N–H and O–H groups in total. The number of nitrogens with one attached hydrogen (secondary N) is 1. The summed E-state index contributed by atoms with van der Waals surface area (Å²) in [7, 11) is -3.62. The van der Waals surface area contributed by atoms with Crippen LogP contribution in [0.15, 0.2) is 63.9 Å². The van der Waals surface area contributed by atoms with Gasteiger partial charge in [-0.15, -0.1) is 0 Å². The van der Waals surface area contributed by atoms with Gasteiger partial charge in [-0.25, -0.2) is 8.42 Å². The van der Waals surface area contributed by atoms with Gasteiger partial charge in [-0.05, 0) is 51.0 Å². The molecule has 2 aromatic carbocycles. The maximum atomic E-state index is 13.0. The van der Waals surface area contributed by atoms with E-state index in [9.17, 15) is 13.2 Å². The number of sulfonamides is 1. The van der Waals surface area contributed by atoms with Gasteiger partial charge in [-0.2, -0.15) is 4.31 Å². The maximum absolute atomic E-state index is 13.0. The average molecular weight is 457 g/mol. The number of fused-ring (bicyclic) bond motifs is 1. The van der Waals surface area contributed by atoms with Crippen molar-refractivity contribution in [2.75, 3.05) is 19.7 Å². The number of benzene rings is 2. The summed E-state index contributed by atoms with van der Waals surface area (Å²) in [6.45, 7) is 4.89. The van der Waals surface area contributed by atoms with Crippen LogP contribution in [0.5, 0.6) is 5.75 Å². The van der Waals surface area contributed by atoms with Gasteiger partial charge in [-0.1, -0.05) is 30.3 Å². The Morgan fingerprint density at radius 1 is 1.22 bits per heavy atom. The van der Waals surface area contributed by atoms with Crippen molar-refractivity contribution in [3.63, 3.8) is 0 Å². The molecule has 1 aliphatic rings. The third kappa shape index (κ3) is 4.52. The number of carbonyl (C=O) groups is 1. The zero-order valence-corrected chi connectivity index (χ0v) is 19.1. The van der Waals surface area contributed by atoms with Gasteiger partial charge < -0.3 is 14.5 Å². The zero-order chi connectivity index (χ0) is 22.7. The highest BCUT2D eigenvalue weighted by molar-refractivity contribution is 7.89. The summed E-state index contributed by atoms with van der Waals surface area (Å²) in [6, 6.07) is 15.6. The minimum atomic E-state index is -3.62. The summed E-state index contributed by atoms with van der Waals surface area (Å²) >= 11 is 0. The first kappa shape index (κ1) is 22.4. The number of piperidine rings is 1. The van der Waals surface area contributed by atoms with Crippen LogP contribution in [-0.2, 0) is 14.8 Å². The average Bonchev–Trinajstić information content (AvgIpc) is 3.25. The topological polar surface area (TPSA) is 88.9 Å². The molecule has 1 amide bonds. The minimum Gasteiger partial charge on any atom is -0.490 e. The number of hydrogen-bond acceptors (Lipinski definition) is 5. The highest BCUT2D eigenvalue weighted by Crippen LogP contribution is 2.31. The van der Waals surface area contributed by atoms with E-state index in [1.54, 1.807) is 30.3 Å². The van der Waals surface area contributed by atoms with Crippen LogP contribution in [-0.4, -0.2) is 38.3 Å². The van der Waals surface area contributed by atoms with E-state index in [2.05, 4.69) is 5.32 Å². The molecule has 7 nitrogen and oxygen atoms in total. The number of hydrogen-bond donors (Lipinski definition) is 1. The number of furan rings is 1. The number of amides is 1. The van der Waals surface area contributed by atoms with Gasteiger partial charge in [0.2, 0.25) is 15.9 Å². The highest BCUT2D eigenvalue weighted by atomic mass is 32.2. The fraction of sp³-hybridized carbons (Fsp3) is 0.375. The van der Waals surface area contributed by atoms with Crippen LogP contribution in [0.1, 0.15) is 38.5 Å². The Hall–Kier alpha value is -2.84. The molecule has 0 radical (unpaired) electrons. The number of nitrogens with zero attached hydrogens (tertiary/aromatic N) is 1. The Morgan fingerprint density at radius 2 is 2.00 bits per heavy atom. The summed E-state index contributed by atoms with van der Waals surface area (Å²) in [4.78, 5) is 13.2. The largest absolute Gasteiger partial charge is 0.490 e. The Labute approximate surface area is 188 Å². The van der Waals surface area contributed by atoms with E-state index in [1.165, 1.54) is 4.31 Å². The van der Waals surface area contributed by atoms with Crippen LogP contribution in [0.3, 0.4) is 0 Å². The third-order valence-electron chi connectivity index (χ3n) is 5.75. The zero-order valence-electron chi connectivity index (χ0n) is 18.3. The van der Waals surface area contributed by atoms with E-state index in [1.807, 2.05) is 38.1 Å². The number of carbonyl (C=O) groups excluding carboxylic acids is 1. The molecule has 3 aromatic rings. The van der Waals surface area contributed by atoms with Crippen LogP contribution in [0.25, 0.3) is 11.0 Å². The Balaban J connectivity index is 1.45. The van der Waals surface area contributed by atoms with Crippen molar-refractivity contribution in [2.45, 2.75) is 37.6 Å². The summed E-state index contributed by atoms with van der Waals surface area (Å²) in [5.41, 5.74) is 0.656. The second kappa shape index (κ2) is 9.34. The van der Waals surface area contributed by atoms with E-state index in [0.29, 0.717) is 43.1 Å². The van der Waals surface area contributed by atoms with Crippen molar-refractivity contribution >= 4 is 26.9 Å². The van der Waals surface area contributed by atoms with Gasteiger partial charge in [0.1, 0.15) is 5.76 Å². The molecule has 1 fully saturated rings. The van der Waals surface area contributed by atoms with Gasteiger partial charge >= 0.3 is 0 Å². The number of rotatable bonds is 7. The van der Waals surface area contributed by atoms with Crippen LogP contribution < -0.4 is 10.1 Å². The SMILES string of the molecule is CCOc1cccc2cc(C(C)NC(=O)C3CCCN(S(=O)(=O)c4ccccc4)C3)oc12. The Morgan fingerprint density at radius 3 is 2.75 bits per heavy atom. The summed E-state index contributed by atoms with van der Waals surface area (Å²) < 4.78 is 38.9. The van der Waals surface area contributed by atoms with E-state index in [-0.39, 0.29) is 23.4 Å². The minimum absolute atomic E-state index is 0.170. The predicted octanol–water partition coefficient (Wildman–Crippen LogP) is 4.11. The van der Waals surface area contributed by atoms with Gasteiger partial charge in [-0.3, -0.25) is 4.79 Å². The van der Waals surface area contributed by atoms with Crippen molar-refractivity contribution in [3.05, 3.63) is 60.4 Å². The fourth-order valence-corrected chi connectivity index (χ4v) is 5.60. The molecule has 8 heteroatoms. The second-order valence-electron chi connectivity index (χ2n) is 8.00.